The average Bonchev–Trinajstić information content (AvgIpc) is 3.12. The summed E-state index contributed by atoms with van der Waals surface area (Å²) < 4.78 is 1.92. The molecule has 0 saturated carbocycles. The van der Waals surface area contributed by atoms with E-state index in [0.29, 0.717) is 12.1 Å². The second-order valence-corrected chi connectivity index (χ2v) is 7.38. The van der Waals surface area contributed by atoms with Crippen molar-refractivity contribution in [3.05, 3.63) is 78.2 Å². The van der Waals surface area contributed by atoms with Crippen molar-refractivity contribution < 1.29 is 4.79 Å². The molecule has 0 spiro atoms. The fraction of sp³-hybridized carbons (Fsp3) is 0.217. The first-order valence-electron chi connectivity index (χ1n) is 9.53. The molecule has 0 saturated heterocycles. The number of benzene rings is 1. The van der Waals surface area contributed by atoms with Crippen LogP contribution in [0.25, 0.3) is 16.9 Å². The highest BCUT2D eigenvalue weighted by Gasteiger charge is 2.28. The van der Waals surface area contributed by atoms with Crippen LogP contribution in [-0.2, 0) is 11.2 Å². The Morgan fingerprint density at radius 3 is 2.86 bits per heavy atom. The van der Waals surface area contributed by atoms with Crippen molar-refractivity contribution >= 4 is 17.1 Å². The Labute approximate surface area is 163 Å². The molecule has 5 nitrogen and oxygen atoms in total. The van der Waals surface area contributed by atoms with E-state index in [2.05, 4.69) is 40.3 Å². The van der Waals surface area contributed by atoms with E-state index in [-0.39, 0.29) is 17.7 Å². The lowest BCUT2D eigenvalue weighted by atomic mass is 9.84. The molecule has 0 N–H and O–H groups in total. The minimum Gasteiger partial charge on any atom is -0.293 e. The molecule has 0 bridgehead atoms. The van der Waals surface area contributed by atoms with Gasteiger partial charge in [-0.25, -0.2) is 9.50 Å². The minimum absolute atomic E-state index is 0.0599. The molecule has 138 valence electrons. The van der Waals surface area contributed by atoms with Crippen molar-refractivity contribution in [2.75, 3.05) is 0 Å². The number of imidazole rings is 1. The molecular weight excluding hydrogens is 348 g/mol. The Bertz CT molecular complexity index is 1150. The summed E-state index contributed by atoms with van der Waals surface area (Å²) >= 11 is 0. The van der Waals surface area contributed by atoms with Gasteiger partial charge in [0.15, 0.2) is 11.4 Å². The zero-order valence-corrected chi connectivity index (χ0v) is 15.6. The molecule has 0 radical (unpaired) electrons. The van der Waals surface area contributed by atoms with E-state index in [4.69, 9.17) is 5.10 Å². The SMILES string of the molecule is CC1=NC2C=C(Cc3cnc4ccc(-c5ccccc5)nn34)C=CC2CC1=O. The number of carbonyl (C=O) groups excluding carboxylic acids is 1. The summed E-state index contributed by atoms with van der Waals surface area (Å²) in [5.74, 6) is 0.340. The molecule has 1 aromatic carbocycles. The van der Waals surface area contributed by atoms with Gasteiger partial charge in [0.05, 0.1) is 29.3 Å². The number of fused-ring (bicyclic) bond motifs is 2. The van der Waals surface area contributed by atoms with E-state index < -0.39 is 0 Å². The number of aliphatic imine (C=N–C) groups is 1. The number of hydrogen-bond donors (Lipinski definition) is 0. The van der Waals surface area contributed by atoms with Gasteiger partial charge >= 0.3 is 0 Å². The summed E-state index contributed by atoms with van der Waals surface area (Å²) in [4.78, 5) is 21.0. The molecular formula is C23H20N4O. The number of aromatic nitrogens is 3. The molecule has 1 aliphatic carbocycles. The lowest BCUT2D eigenvalue weighted by molar-refractivity contribution is -0.114. The number of hydrogen-bond acceptors (Lipinski definition) is 4. The second-order valence-electron chi connectivity index (χ2n) is 7.38. The highest BCUT2D eigenvalue weighted by Crippen LogP contribution is 2.28. The smallest absolute Gasteiger partial charge is 0.176 e. The van der Waals surface area contributed by atoms with E-state index in [0.717, 1.165) is 29.0 Å². The van der Waals surface area contributed by atoms with Crippen LogP contribution in [-0.4, -0.2) is 32.1 Å². The van der Waals surface area contributed by atoms with Crippen LogP contribution in [0.3, 0.4) is 0 Å². The van der Waals surface area contributed by atoms with Crippen LogP contribution in [0.1, 0.15) is 19.0 Å². The third-order valence-electron chi connectivity index (χ3n) is 5.44. The molecule has 28 heavy (non-hydrogen) atoms. The summed E-state index contributed by atoms with van der Waals surface area (Å²) in [6, 6.07) is 14.2. The maximum atomic E-state index is 11.9. The number of carbonyl (C=O) groups is 1. The van der Waals surface area contributed by atoms with Crippen molar-refractivity contribution in [3.8, 4) is 11.3 Å². The van der Waals surface area contributed by atoms with Gasteiger partial charge < -0.3 is 0 Å². The molecule has 3 heterocycles. The van der Waals surface area contributed by atoms with E-state index in [9.17, 15) is 4.79 Å². The largest absolute Gasteiger partial charge is 0.293 e. The Morgan fingerprint density at radius 2 is 2.00 bits per heavy atom. The highest BCUT2D eigenvalue weighted by atomic mass is 16.1. The van der Waals surface area contributed by atoms with Crippen molar-refractivity contribution in [2.45, 2.75) is 25.8 Å². The lowest BCUT2D eigenvalue weighted by Gasteiger charge is -2.27. The van der Waals surface area contributed by atoms with Gasteiger partial charge in [0.1, 0.15) is 0 Å². The molecule has 2 aliphatic rings. The molecule has 2 unspecified atom stereocenters. The van der Waals surface area contributed by atoms with Gasteiger partial charge in [0, 0.05) is 24.3 Å². The fourth-order valence-electron chi connectivity index (χ4n) is 3.87. The van der Waals surface area contributed by atoms with Gasteiger partial charge in [0.25, 0.3) is 0 Å². The average molecular weight is 368 g/mol. The fourth-order valence-corrected chi connectivity index (χ4v) is 3.87. The van der Waals surface area contributed by atoms with E-state index in [1.807, 2.05) is 48.0 Å². The molecule has 5 rings (SSSR count). The highest BCUT2D eigenvalue weighted by molar-refractivity contribution is 6.39. The number of Topliss-reactive ketones (excluding diaryl/α,β-unsaturated/α-hetero) is 1. The predicted molar refractivity (Wildman–Crippen MR) is 109 cm³/mol. The maximum absolute atomic E-state index is 11.9. The third kappa shape index (κ3) is 2.99. The first kappa shape index (κ1) is 16.8. The molecule has 5 heteroatoms. The summed E-state index contributed by atoms with van der Waals surface area (Å²) in [6.45, 7) is 1.81. The normalized spacial score (nSPS) is 21.4. The summed E-state index contributed by atoms with van der Waals surface area (Å²) in [5, 5.41) is 4.81. The molecule has 0 amide bonds. The lowest BCUT2D eigenvalue weighted by Crippen LogP contribution is -2.30. The molecule has 2 aromatic heterocycles. The van der Waals surface area contributed by atoms with Gasteiger partial charge in [0.2, 0.25) is 0 Å². The van der Waals surface area contributed by atoms with Gasteiger partial charge in [-0.1, -0.05) is 48.6 Å². The van der Waals surface area contributed by atoms with Crippen molar-refractivity contribution in [1.82, 2.24) is 14.6 Å². The first-order valence-corrected chi connectivity index (χ1v) is 9.53. The summed E-state index contributed by atoms with van der Waals surface area (Å²) in [5.41, 5.74) is 5.70. The summed E-state index contributed by atoms with van der Waals surface area (Å²) in [6.07, 6.45) is 9.59. The van der Waals surface area contributed by atoms with Gasteiger partial charge in [-0.15, -0.1) is 0 Å². The number of allylic oxidation sites excluding steroid dienone is 2. The zero-order valence-electron chi connectivity index (χ0n) is 15.6. The van der Waals surface area contributed by atoms with Crippen molar-refractivity contribution in [3.63, 3.8) is 0 Å². The molecule has 2 atom stereocenters. The topological polar surface area (TPSA) is 59.6 Å². The van der Waals surface area contributed by atoms with Crippen LogP contribution < -0.4 is 0 Å². The van der Waals surface area contributed by atoms with E-state index in [1.165, 1.54) is 5.57 Å². The monoisotopic (exact) mass is 368 g/mol. The predicted octanol–water partition coefficient (Wildman–Crippen LogP) is 3.85. The standard InChI is InChI=1S/C23H20N4O/c1-15-22(28)13-18-8-7-16(12-21(18)25-15)11-19-14-24-23-10-9-20(26-27(19)23)17-5-3-2-4-6-17/h2-10,12,14,18,21H,11,13H2,1H3. The van der Waals surface area contributed by atoms with Crippen LogP contribution in [0.5, 0.6) is 0 Å². The quantitative estimate of drug-likeness (QED) is 0.705. The Kier molecular flexibility index (Phi) is 4.01. The van der Waals surface area contributed by atoms with Crippen LogP contribution in [0, 0.1) is 5.92 Å². The van der Waals surface area contributed by atoms with Crippen LogP contribution in [0.4, 0.5) is 0 Å². The number of nitrogens with zero attached hydrogens (tertiary/aromatic N) is 4. The van der Waals surface area contributed by atoms with Crippen molar-refractivity contribution in [1.29, 1.82) is 0 Å². The second kappa shape index (κ2) is 6.68. The molecule has 1 aliphatic heterocycles. The van der Waals surface area contributed by atoms with Crippen LogP contribution >= 0.6 is 0 Å². The third-order valence-corrected chi connectivity index (χ3v) is 5.44. The Hall–Kier alpha value is -3.34. The Morgan fingerprint density at radius 1 is 1.14 bits per heavy atom. The van der Waals surface area contributed by atoms with Gasteiger partial charge in [-0.3, -0.25) is 9.79 Å². The van der Waals surface area contributed by atoms with Crippen LogP contribution in [0.2, 0.25) is 0 Å². The zero-order chi connectivity index (χ0) is 19.1. The Balaban J connectivity index is 1.46. The number of ketones is 1. The molecule has 3 aromatic rings. The van der Waals surface area contributed by atoms with Gasteiger partial charge in [-0.05, 0) is 24.6 Å². The summed E-state index contributed by atoms with van der Waals surface area (Å²) in [7, 11) is 0. The van der Waals surface area contributed by atoms with Gasteiger partial charge in [-0.2, -0.15) is 5.10 Å². The minimum atomic E-state index is 0.0599. The van der Waals surface area contributed by atoms with Crippen molar-refractivity contribution in [2.24, 2.45) is 10.9 Å². The van der Waals surface area contributed by atoms with Crippen LogP contribution in [0.15, 0.2) is 77.5 Å². The maximum Gasteiger partial charge on any atom is 0.176 e. The van der Waals surface area contributed by atoms with E-state index in [1.54, 1.807) is 0 Å². The molecule has 0 fully saturated rings. The van der Waals surface area contributed by atoms with E-state index >= 15 is 0 Å². The first-order chi connectivity index (χ1) is 13.7. The number of rotatable bonds is 3.